The lowest BCUT2D eigenvalue weighted by atomic mass is 9.37. The van der Waals surface area contributed by atoms with Gasteiger partial charge in [0.05, 0.1) is 0 Å². The summed E-state index contributed by atoms with van der Waals surface area (Å²) < 4.78 is 0. The maximum Gasteiger partial charge on any atom is -0.00566 e. The fourth-order valence-corrected chi connectivity index (χ4v) is 11.3. The molecule has 30 heavy (non-hydrogen) atoms. The van der Waals surface area contributed by atoms with Gasteiger partial charge in [0.25, 0.3) is 0 Å². The van der Waals surface area contributed by atoms with Gasteiger partial charge >= 0.3 is 0 Å². The largest absolute Gasteiger partial charge is 0.0642 e. The molecule has 0 bridgehead atoms. The van der Waals surface area contributed by atoms with E-state index in [1.807, 2.05) is 11.1 Å². The van der Waals surface area contributed by atoms with Crippen molar-refractivity contribution in [2.75, 3.05) is 0 Å². The molecule has 170 valence electrons. The van der Waals surface area contributed by atoms with Crippen LogP contribution in [0, 0.1) is 50.7 Å². The molecule has 0 aromatic heterocycles. The van der Waals surface area contributed by atoms with Crippen molar-refractivity contribution in [2.24, 2.45) is 50.7 Å². The zero-order valence-electron chi connectivity index (χ0n) is 21.6. The van der Waals surface area contributed by atoms with E-state index in [0.717, 1.165) is 23.7 Å². The second kappa shape index (κ2) is 6.41. The highest BCUT2D eigenvalue weighted by Crippen LogP contribution is 2.75. The molecule has 0 nitrogen and oxygen atoms in total. The number of allylic oxidation sites excluding steroid dienone is 2. The van der Waals surface area contributed by atoms with Crippen LogP contribution in [0.4, 0.5) is 0 Å². The van der Waals surface area contributed by atoms with E-state index in [9.17, 15) is 0 Å². The molecular weight excluding hydrogens is 360 g/mol. The Morgan fingerprint density at radius 3 is 2.13 bits per heavy atom. The second-order valence-corrected chi connectivity index (χ2v) is 14.5. The average molecular weight is 411 g/mol. The van der Waals surface area contributed by atoms with Crippen molar-refractivity contribution >= 4 is 0 Å². The molecule has 4 unspecified atom stereocenters. The van der Waals surface area contributed by atoms with E-state index in [-0.39, 0.29) is 0 Å². The van der Waals surface area contributed by atoms with Crippen LogP contribution in [0.1, 0.15) is 126 Å². The first-order valence-electron chi connectivity index (χ1n) is 13.6. The van der Waals surface area contributed by atoms with Crippen LogP contribution in [0.15, 0.2) is 11.1 Å². The third-order valence-corrected chi connectivity index (χ3v) is 12.9. The fraction of sp³-hybridized carbons (Fsp3) is 0.933. The molecule has 0 spiro atoms. The number of hydrogen-bond donors (Lipinski definition) is 0. The third-order valence-electron chi connectivity index (χ3n) is 12.9. The Balaban J connectivity index is 1.58. The number of rotatable bonds is 1. The molecule has 0 heteroatoms. The highest BCUT2D eigenvalue weighted by atomic mass is 14.7. The Bertz CT molecular complexity index is 754. The minimum atomic E-state index is 0.464. The first-order valence-corrected chi connectivity index (χ1v) is 13.6. The van der Waals surface area contributed by atoms with E-state index >= 15 is 0 Å². The van der Waals surface area contributed by atoms with E-state index < -0.39 is 0 Å². The fourth-order valence-electron chi connectivity index (χ4n) is 11.3. The summed E-state index contributed by atoms with van der Waals surface area (Å²) in [5, 5.41) is 0. The van der Waals surface area contributed by atoms with Gasteiger partial charge in [-0.05, 0) is 115 Å². The summed E-state index contributed by atoms with van der Waals surface area (Å²) >= 11 is 0. The molecule has 0 saturated heterocycles. The van der Waals surface area contributed by atoms with Crippen LogP contribution in [0.2, 0.25) is 0 Å². The Hall–Kier alpha value is -0.260. The van der Waals surface area contributed by atoms with Crippen molar-refractivity contribution in [1.82, 2.24) is 0 Å². The molecule has 0 aromatic rings. The van der Waals surface area contributed by atoms with Gasteiger partial charge < -0.3 is 0 Å². The van der Waals surface area contributed by atoms with E-state index in [0.29, 0.717) is 27.1 Å². The predicted molar refractivity (Wildman–Crippen MR) is 129 cm³/mol. The highest BCUT2D eigenvalue weighted by Gasteiger charge is 2.66. The topological polar surface area (TPSA) is 0 Å². The van der Waals surface area contributed by atoms with Gasteiger partial charge in [-0.3, -0.25) is 0 Å². The second-order valence-electron chi connectivity index (χ2n) is 14.5. The quantitative estimate of drug-likeness (QED) is 0.378. The lowest BCUT2D eigenvalue weighted by Gasteiger charge is -2.67. The van der Waals surface area contributed by atoms with E-state index in [1.54, 1.807) is 0 Å². The first kappa shape index (κ1) is 21.6. The van der Waals surface area contributed by atoms with Crippen LogP contribution in [0.5, 0.6) is 0 Å². The van der Waals surface area contributed by atoms with Crippen LogP contribution in [0.3, 0.4) is 0 Å². The van der Waals surface area contributed by atoms with Crippen molar-refractivity contribution < 1.29 is 0 Å². The first-order chi connectivity index (χ1) is 13.9. The summed E-state index contributed by atoms with van der Waals surface area (Å²) in [5.74, 6) is 3.66. The van der Waals surface area contributed by atoms with Crippen LogP contribution in [-0.2, 0) is 0 Å². The SMILES string of the molecule is CC(C)C1CC[C@@H]2C1(C)CC[C@]1(C)C3=C(CCC21C)[C@@]1(C)CCCC(C)(C)C1CC3. The van der Waals surface area contributed by atoms with Gasteiger partial charge in [0.2, 0.25) is 0 Å². The van der Waals surface area contributed by atoms with Crippen molar-refractivity contribution in [3.63, 3.8) is 0 Å². The smallest absolute Gasteiger partial charge is 0.00566 e. The molecule has 0 heterocycles. The lowest BCUT2D eigenvalue weighted by molar-refractivity contribution is -0.116. The van der Waals surface area contributed by atoms with Gasteiger partial charge in [-0.1, -0.05) is 73.0 Å². The summed E-state index contributed by atoms with van der Waals surface area (Å²) in [7, 11) is 0. The maximum atomic E-state index is 2.76. The average Bonchev–Trinajstić information content (AvgIpc) is 3.01. The van der Waals surface area contributed by atoms with Crippen LogP contribution >= 0.6 is 0 Å². The van der Waals surface area contributed by atoms with Gasteiger partial charge in [-0.2, -0.15) is 0 Å². The van der Waals surface area contributed by atoms with E-state index in [2.05, 4.69) is 55.4 Å². The van der Waals surface area contributed by atoms with Crippen LogP contribution < -0.4 is 0 Å². The Morgan fingerprint density at radius 2 is 1.43 bits per heavy atom. The Labute approximate surface area is 188 Å². The standard InChI is InChI=1S/C30H50/c1-20(2)21-10-13-25-28(21,6)18-19-29(7)23-11-12-24-26(3,4)15-9-16-27(24,5)22(23)14-17-30(25,29)8/h20-21,24-25H,9-19H2,1-8H3/t21?,24?,25-,27-,28?,29-,30?/m1/s1. The molecule has 5 rings (SSSR count). The molecule has 7 atom stereocenters. The van der Waals surface area contributed by atoms with Gasteiger partial charge in [0.15, 0.2) is 0 Å². The summed E-state index contributed by atoms with van der Waals surface area (Å²) in [4.78, 5) is 0. The molecule has 5 aliphatic carbocycles. The molecule has 5 aliphatic rings. The molecular formula is C30H50. The molecule has 0 amide bonds. The van der Waals surface area contributed by atoms with Gasteiger partial charge in [0, 0.05) is 0 Å². The third kappa shape index (κ3) is 2.46. The molecule has 3 saturated carbocycles. The molecule has 0 aliphatic heterocycles. The van der Waals surface area contributed by atoms with Crippen molar-refractivity contribution in [3.8, 4) is 0 Å². The van der Waals surface area contributed by atoms with Crippen molar-refractivity contribution in [2.45, 2.75) is 126 Å². The van der Waals surface area contributed by atoms with Crippen molar-refractivity contribution in [1.29, 1.82) is 0 Å². The Kier molecular flexibility index (Phi) is 4.61. The van der Waals surface area contributed by atoms with Gasteiger partial charge in [-0.15, -0.1) is 0 Å². The minimum Gasteiger partial charge on any atom is -0.0642 e. The Morgan fingerprint density at radius 1 is 0.700 bits per heavy atom. The molecule has 0 aromatic carbocycles. The predicted octanol–water partition coefficient (Wildman–Crippen LogP) is 9.20. The monoisotopic (exact) mass is 410 g/mol. The number of hydrogen-bond acceptors (Lipinski definition) is 0. The van der Waals surface area contributed by atoms with Gasteiger partial charge in [-0.25, -0.2) is 0 Å². The molecule has 0 N–H and O–H groups in total. The molecule has 3 fully saturated rings. The van der Waals surface area contributed by atoms with Crippen LogP contribution in [-0.4, -0.2) is 0 Å². The minimum absolute atomic E-state index is 0.464. The van der Waals surface area contributed by atoms with Gasteiger partial charge in [0.1, 0.15) is 0 Å². The summed E-state index contributed by atoms with van der Waals surface area (Å²) in [6, 6.07) is 0. The lowest BCUT2D eigenvalue weighted by Crippen LogP contribution is -2.58. The van der Waals surface area contributed by atoms with E-state index in [4.69, 9.17) is 0 Å². The zero-order valence-corrected chi connectivity index (χ0v) is 21.6. The maximum absolute atomic E-state index is 2.76. The van der Waals surface area contributed by atoms with E-state index in [1.165, 1.54) is 70.6 Å². The molecule has 0 radical (unpaired) electrons. The summed E-state index contributed by atoms with van der Waals surface area (Å²) in [6.07, 6.45) is 16.1. The summed E-state index contributed by atoms with van der Waals surface area (Å²) in [5.41, 5.74) is 6.58. The normalized spacial score (nSPS) is 52.5. The van der Waals surface area contributed by atoms with Crippen LogP contribution in [0.25, 0.3) is 0 Å². The summed E-state index contributed by atoms with van der Waals surface area (Å²) in [6.45, 7) is 21.1. The number of fused-ring (bicyclic) bond motifs is 6. The zero-order chi connectivity index (χ0) is 21.7. The highest BCUT2D eigenvalue weighted by molar-refractivity contribution is 5.38. The van der Waals surface area contributed by atoms with Crippen molar-refractivity contribution in [3.05, 3.63) is 11.1 Å².